The number of amides is 1. The Balaban J connectivity index is 1.62. The van der Waals surface area contributed by atoms with Crippen molar-refractivity contribution in [3.8, 4) is 0 Å². The van der Waals surface area contributed by atoms with Gasteiger partial charge in [-0.05, 0) is 32.8 Å². The van der Waals surface area contributed by atoms with E-state index in [1.54, 1.807) is 24.8 Å². The Morgan fingerprint density at radius 1 is 1.33 bits per heavy atom. The second-order valence-electron chi connectivity index (χ2n) is 5.85. The number of piperidine rings is 1. The summed E-state index contributed by atoms with van der Waals surface area (Å²) in [6, 6.07) is 1.39. The molecular weight excluding hydrogens is 334 g/mol. The van der Waals surface area contributed by atoms with Gasteiger partial charge in [-0.15, -0.1) is 0 Å². The maximum atomic E-state index is 12.5. The standard InChI is InChI=1S/C15H19N3O5S/c1-10-14(11(2)23-16-10)24(20,21)17-13-3-6-18(7-4-13)15(19)12-5-8-22-9-12/h5,8-9,13,17H,3-4,6-7H2,1-2H3. The fourth-order valence-corrected chi connectivity index (χ4v) is 4.54. The summed E-state index contributed by atoms with van der Waals surface area (Å²) < 4.78 is 37.5. The van der Waals surface area contributed by atoms with Crippen LogP contribution < -0.4 is 4.72 Å². The van der Waals surface area contributed by atoms with Crippen LogP contribution in [0.5, 0.6) is 0 Å². The second-order valence-corrected chi connectivity index (χ2v) is 7.50. The van der Waals surface area contributed by atoms with Crippen LogP contribution in [-0.4, -0.2) is 43.5 Å². The molecule has 0 atom stereocenters. The maximum Gasteiger partial charge on any atom is 0.257 e. The Labute approximate surface area is 139 Å². The van der Waals surface area contributed by atoms with Gasteiger partial charge in [0, 0.05) is 19.1 Å². The van der Waals surface area contributed by atoms with Crippen molar-refractivity contribution in [1.29, 1.82) is 0 Å². The molecule has 1 amide bonds. The van der Waals surface area contributed by atoms with Crippen molar-refractivity contribution < 1.29 is 22.2 Å². The van der Waals surface area contributed by atoms with E-state index in [9.17, 15) is 13.2 Å². The third-order valence-corrected chi connectivity index (χ3v) is 5.87. The largest absolute Gasteiger partial charge is 0.472 e. The van der Waals surface area contributed by atoms with E-state index in [0.29, 0.717) is 37.2 Å². The highest BCUT2D eigenvalue weighted by Crippen LogP contribution is 2.21. The quantitative estimate of drug-likeness (QED) is 0.892. The molecule has 0 unspecified atom stereocenters. The SMILES string of the molecule is Cc1noc(C)c1S(=O)(=O)NC1CCN(C(=O)c2ccoc2)CC1. The highest BCUT2D eigenvalue weighted by atomic mass is 32.2. The molecule has 0 aliphatic carbocycles. The Morgan fingerprint density at radius 2 is 2.04 bits per heavy atom. The Bertz CT molecular complexity index is 798. The van der Waals surface area contributed by atoms with Gasteiger partial charge in [0.25, 0.3) is 5.91 Å². The molecule has 2 aromatic heterocycles. The van der Waals surface area contributed by atoms with Gasteiger partial charge in [-0.25, -0.2) is 13.1 Å². The number of nitrogens with one attached hydrogen (secondary N) is 1. The van der Waals surface area contributed by atoms with Crippen molar-refractivity contribution in [3.05, 3.63) is 35.6 Å². The van der Waals surface area contributed by atoms with E-state index in [1.165, 1.54) is 12.5 Å². The lowest BCUT2D eigenvalue weighted by Gasteiger charge is -2.32. The first-order valence-electron chi connectivity index (χ1n) is 7.65. The van der Waals surface area contributed by atoms with Crippen LogP contribution in [0.4, 0.5) is 0 Å². The van der Waals surface area contributed by atoms with Crippen LogP contribution in [0.3, 0.4) is 0 Å². The molecule has 130 valence electrons. The molecule has 1 aliphatic rings. The van der Waals surface area contributed by atoms with E-state index >= 15 is 0 Å². The molecular formula is C15H19N3O5S. The molecule has 9 heteroatoms. The molecule has 3 heterocycles. The monoisotopic (exact) mass is 353 g/mol. The van der Waals surface area contributed by atoms with Crippen LogP contribution in [0.1, 0.15) is 34.7 Å². The number of hydrogen-bond donors (Lipinski definition) is 1. The summed E-state index contributed by atoms with van der Waals surface area (Å²) in [6.45, 7) is 4.13. The van der Waals surface area contributed by atoms with Gasteiger partial charge in [0.15, 0.2) is 5.76 Å². The predicted molar refractivity (Wildman–Crippen MR) is 83.9 cm³/mol. The third-order valence-electron chi connectivity index (χ3n) is 4.11. The summed E-state index contributed by atoms with van der Waals surface area (Å²) in [4.78, 5) is 14.0. The molecule has 24 heavy (non-hydrogen) atoms. The van der Waals surface area contributed by atoms with Crippen LogP contribution in [0.25, 0.3) is 0 Å². The minimum absolute atomic E-state index is 0.0967. The number of likely N-dealkylation sites (tertiary alicyclic amines) is 1. The lowest BCUT2D eigenvalue weighted by molar-refractivity contribution is 0.0710. The lowest BCUT2D eigenvalue weighted by atomic mass is 10.1. The van der Waals surface area contributed by atoms with E-state index in [1.807, 2.05) is 0 Å². The van der Waals surface area contributed by atoms with Crippen LogP contribution in [0, 0.1) is 13.8 Å². The number of rotatable bonds is 4. The summed E-state index contributed by atoms with van der Waals surface area (Å²) in [6.07, 6.45) is 3.96. The van der Waals surface area contributed by atoms with Crippen molar-refractivity contribution >= 4 is 15.9 Å². The zero-order valence-corrected chi connectivity index (χ0v) is 14.3. The van der Waals surface area contributed by atoms with Gasteiger partial charge in [-0.3, -0.25) is 4.79 Å². The van der Waals surface area contributed by atoms with Crippen molar-refractivity contribution in [2.75, 3.05) is 13.1 Å². The van der Waals surface area contributed by atoms with Crippen molar-refractivity contribution in [3.63, 3.8) is 0 Å². The van der Waals surface area contributed by atoms with Gasteiger partial charge >= 0.3 is 0 Å². The highest BCUT2D eigenvalue weighted by molar-refractivity contribution is 7.89. The molecule has 0 spiro atoms. The van der Waals surface area contributed by atoms with E-state index in [0.717, 1.165) is 0 Å². The lowest BCUT2D eigenvalue weighted by Crippen LogP contribution is -2.46. The molecule has 2 aromatic rings. The summed E-state index contributed by atoms with van der Waals surface area (Å²) in [5.74, 6) is 0.170. The van der Waals surface area contributed by atoms with Crippen molar-refractivity contribution in [2.45, 2.75) is 37.6 Å². The second kappa shape index (κ2) is 6.40. The van der Waals surface area contributed by atoms with Crippen LogP contribution >= 0.6 is 0 Å². The van der Waals surface area contributed by atoms with Gasteiger partial charge in [-0.2, -0.15) is 0 Å². The van der Waals surface area contributed by atoms with E-state index in [2.05, 4.69) is 9.88 Å². The van der Waals surface area contributed by atoms with Gasteiger partial charge in [0.2, 0.25) is 10.0 Å². The fraction of sp³-hybridized carbons (Fsp3) is 0.467. The van der Waals surface area contributed by atoms with Crippen molar-refractivity contribution in [2.24, 2.45) is 0 Å². The summed E-state index contributed by atoms with van der Waals surface area (Å²) >= 11 is 0. The van der Waals surface area contributed by atoms with E-state index < -0.39 is 10.0 Å². The molecule has 3 rings (SSSR count). The van der Waals surface area contributed by atoms with Gasteiger partial charge < -0.3 is 13.8 Å². The van der Waals surface area contributed by atoms with Crippen LogP contribution in [-0.2, 0) is 10.0 Å². The van der Waals surface area contributed by atoms with Gasteiger partial charge in [-0.1, -0.05) is 5.16 Å². The Morgan fingerprint density at radius 3 is 2.58 bits per heavy atom. The topological polar surface area (TPSA) is 106 Å². The molecule has 1 N–H and O–H groups in total. The first-order chi connectivity index (χ1) is 11.4. The number of nitrogens with zero attached hydrogens (tertiary/aromatic N) is 2. The van der Waals surface area contributed by atoms with Crippen molar-refractivity contribution in [1.82, 2.24) is 14.8 Å². The summed E-state index contributed by atoms with van der Waals surface area (Å²) in [7, 11) is -3.68. The number of furan rings is 1. The average molecular weight is 353 g/mol. The summed E-state index contributed by atoms with van der Waals surface area (Å²) in [5.41, 5.74) is 0.845. The zero-order chi connectivity index (χ0) is 17.3. The van der Waals surface area contributed by atoms with E-state index in [4.69, 9.17) is 8.94 Å². The number of carbonyl (C=O) groups excluding carboxylic acids is 1. The fourth-order valence-electron chi connectivity index (χ4n) is 2.91. The Kier molecular flexibility index (Phi) is 4.46. The smallest absolute Gasteiger partial charge is 0.257 e. The third kappa shape index (κ3) is 3.22. The molecule has 0 radical (unpaired) electrons. The number of hydrogen-bond acceptors (Lipinski definition) is 6. The predicted octanol–water partition coefficient (Wildman–Crippen LogP) is 1.47. The average Bonchev–Trinajstić information content (AvgIpc) is 3.17. The van der Waals surface area contributed by atoms with Gasteiger partial charge in [0.05, 0.1) is 11.8 Å². The summed E-state index contributed by atoms with van der Waals surface area (Å²) in [5, 5.41) is 3.68. The van der Waals surface area contributed by atoms with E-state index in [-0.39, 0.29) is 22.6 Å². The number of aromatic nitrogens is 1. The number of carbonyl (C=O) groups is 1. The minimum Gasteiger partial charge on any atom is -0.472 e. The maximum absolute atomic E-state index is 12.5. The number of sulfonamides is 1. The van der Waals surface area contributed by atoms with Crippen LogP contribution in [0.2, 0.25) is 0 Å². The first-order valence-corrected chi connectivity index (χ1v) is 9.13. The van der Waals surface area contributed by atoms with Crippen LogP contribution in [0.15, 0.2) is 32.4 Å². The molecule has 1 saturated heterocycles. The molecule has 0 saturated carbocycles. The molecule has 0 aromatic carbocycles. The minimum atomic E-state index is -3.68. The zero-order valence-electron chi connectivity index (χ0n) is 13.5. The Hall–Kier alpha value is -2.13. The highest BCUT2D eigenvalue weighted by Gasteiger charge is 2.30. The molecule has 8 nitrogen and oxygen atoms in total. The molecule has 1 fully saturated rings. The number of aryl methyl sites for hydroxylation is 2. The molecule has 1 aliphatic heterocycles. The van der Waals surface area contributed by atoms with Gasteiger partial charge in [0.1, 0.15) is 16.9 Å². The first kappa shape index (κ1) is 16.7. The normalized spacial score (nSPS) is 16.5. The molecule has 0 bridgehead atoms.